The van der Waals surface area contributed by atoms with Gasteiger partial charge in [-0.25, -0.2) is 0 Å². The Labute approximate surface area is 63.6 Å². The van der Waals surface area contributed by atoms with Crippen LogP contribution in [0.25, 0.3) is 10.9 Å². The molecule has 0 amide bonds. The number of fused-ring (bicyclic) bond motifs is 1. The van der Waals surface area contributed by atoms with E-state index in [2.05, 4.69) is 11.1 Å². The molecule has 0 atom stereocenters. The molecule has 2 rings (SSSR count). The first-order chi connectivity index (χ1) is 4.88. The van der Waals surface area contributed by atoms with Crippen LogP contribution in [0, 0.1) is 6.07 Å². The van der Waals surface area contributed by atoms with Gasteiger partial charge < -0.3 is 4.98 Å². The van der Waals surface area contributed by atoms with E-state index in [4.69, 9.17) is 11.6 Å². The molecule has 49 valence electrons. The number of benzene rings is 1. The van der Waals surface area contributed by atoms with E-state index in [-0.39, 0.29) is 0 Å². The summed E-state index contributed by atoms with van der Waals surface area (Å²) < 4.78 is 0. The van der Waals surface area contributed by atoms with Crippen LogP contribution in [-0.4, -0.2) is 4.98 Å². The lowest BCUT2D eigenvalue weighted by atomic mass is 10.2. The van der Waals surface area contributed by atoms with Crippen molar-refractivity contribution < 1.29 is 0 Å². The van der Waals surface area contributed by atoms with Crippen molar-refractivity contribution in [3.05, 3.63) is 35.5 Å². The molecule has 0 aliphatic heterocycles. The van der Waals surface area contributed by atoms with Gasteiger partial charge in [0.15, 0.2) is 0 Å². The van der Waals surface area contributed by atoms with Gasteiger partial charge in [0, 0.05) is 22.7 Å². The van der Waals surface area contributed by atoms with E-state index >= 15 is 0 Å². The Morgan fingerprint density at radius 3 is 3.10 bits per heavy atom. The molecule has 0 unspecified atom stereocenters. The molecule has 1 N–H and O–H groups in total. The van der Waals surface area contributed by atoms with Gasteiger partial charge in [-0.05, 0) is 12.1 Å². The fourth-order valence-corrected chi connectivity index (χ4v) is 1.20. The quantitative estimate of drug-likeness (QED) is 0.594. The summed E-state index contributed by atoms with van der Waals surface area (Å²) in [4.78, 5) is 3.02. The number of H-pyrrole nitrogens is 1. The summed E-state index contributed by atoms with van der Waals surface area (Å²) in [6.45, 7) is 0. The molecule has 1 radical (unpaired) electrons. The molecular weight excluding hydrogens is 146 g/mol. The van der Waals surface area contributed by atoms with Crippen LogP contribution in [-0.2, 0) is 0 Å². The van der Waals surface area contributed by atoms with Crippen molar-refractivity contribution in [2.24, 2.45) is 0 Å². The van der Waals surface area contributed by atoms with Gasteiger partial charge in [-0.15, -0.1) is 0 Å². The van der Waals surface area contributed by atoms with Gasteiger partial charge in [0.2, 0.25) is 0 Å². The Kier molecular flexibility index (Phi) is 1.18. The second kappa shape index (κ2) is 2.03. The first-order valence-electron chi connectivity index (χ1n) is 3.01. The standard InChI is InChI=1S/C8H5ClN/c9-7-2-1-3-8-6(7)4-5-10-8/h1-2,4-5,10H. The molecule has 1 aromatic carbocycles. The fourth-order valence-electron chi connectivity index (χ4n) is 0.976. The highest BCUT2D eigenvalue weighted by molar-refractivity contribution is 6.35. The van der Waals surface area contributed by atoms with Gasteiger partial charge in [0.05, 0.1) is 5.52 Å². The Morgan fingerprint density at radius 1 is 1.40 bits per heavy atom. The van der Waals surface area contributed by atoms with Crippen LogP contribution in [0.1, 0.15) is 0 Å². The first kappa shape index (κ1) is 5.81. The van der Waals surface area contributed by atoms with Gasteiger partial charge in [-0.3, -0.25) is 0 Å². The van der Waals surface area contributed by atoms with Crippen molar-refractivity contribution in [2.75, 3.05) is 0 Å². The third-order valence-corrected chi connectivity index (χ3v) is 1.79. The van der Waals surface area contributed by atoms with E-state index < -0.39 is 0 Å². The number of halogens is 1. The highest BCUT2D eigenvalue weighted by atomic mass is 35.5. The van der Waals surface area contributed by atoms with Crippen LogP contribution in [0.3, 0.4) is 0 Å². The topological polar surface area (TPSA) is 15.8 Å². The minimum Gasteiger partial charge on any atom is -0.361 e. The van der Waals surface area contributed by atoms with E-state index in [0.717, 1.165) is 15.9 Å². The lowest BCUT2D eigenvalue weighted by molar-refractivity contribution is 1.47. The van der Waals surface area contributed by atoms with Gasteiger partial charge in [0.1, 0.15) is 0 Å². The molecule has 0 saturated heterocycles. The second-order valence-corrected chi connectivity index (χ2v) is 2.50. The molecule has 0 fully saturated rings. The lowest BCUT2D eigenvalue weighted by Crippen LogP contribution is -1.67. The molecule has 1 nitrogen and oxygen atoms in total. The van der Waals surface area contributed by atoms with Gasteiger partial charge in [-0.1, -0.05) is 17.7 Å². The lowest BCUT2D eigenvalue weighted by Gasteiger charge is -1.89. The maximum Gasteiger partial charge on any atom is 0.0549 e. The van der Waals surface area contributed by atoms with Crippen LogP contribution in [0.15, 0.2) is 24.4 Å². The summed E-state index contributed by atoms with van der Waals surface area (Å²) in [6.07, 6.45) is 1.85. The number of aromatic amines is 1. The first-order valence-corrected chi connectivity index (χ1v) is 3.39. The van der Waals surface area contributed by atoms with Crippen molar-refractivity contribution in [3.63, 3.8) is 0 Å². The smallest absolute Gasteiger partial charge is 0.0549 e. The Hall–Kier alpha value is -0.950. The monoisotopic (exact) mass is 150 g/mol. The summed E-state index contributed by atoms with van der Waals surface area (Å²) in [5.41, 5.74) is 0.965. The van der Waals surface area contributed by atoms with E-state index in [0.29, 0.717) is 0 Å². The van der Waals surface area contributed by atoms with Crippen molar-refractivity contribution in [1.82, 2.24) is 4.98 Å². The van der Waals surface area contributed by atoms with Crippen LogP contribution < -0.4 is 0 Å². The predicted octanol–water partition coefficient (Wildman–Crippen LogP) is 2.62. The largest absolute Gasteiger partial charge is 0.361 e. The van der Waals surface area contributed by atoms with E-state index in [1.165, 1.54) is 0 Å². The van der Waals surface area contributed by atoms with Crippen molar-refractivity contribution in [3.8, 4) is 0 Å². The summed E-state index contributed by atoms with van der Waals surface area (Å²) in [6, 6.07) is 8.61. The minimum absolute atomic E-state index is 0.773. The van der Waals surface area contributed by atoms with Crippen molar-refractivity contribution in [2.45, 2.75) is 0 Å². The molecule has 0 bridgehead atoms. The molecule has 2 aromatic rings. The second-order valence-electron chi connectivity index (χ2n) is 2.09. The number of rotatable bonds is 0. The SMILES string of the molecule is Clc1cc[c]c2[nH]ccc12. The minimum atomic E-state index is 0.773. The molecule has 0 aliphatic carbocycles. The molecule has 10 heavy (non-hydrogen) atoms. The maximum atomic E-state index is 5.86. The Bertz CT molecular complexity index is 351. The highest BCUT2D eigenvalue weighted by Gasteiger charge is 1.96. The zero-order valence-corrected chi connectivity index (χ0v) is 5.94. The molecule has 1 heterocycles. The molecule has 0 aliphatic rings. The molecule has 0 spiro atoms. The zero-order chi connectivity index (χ0) is 6.97. The van der Waals surface area contributed by atoms with Crippen molar-refractivity contribution >= 4 is 22.5 Å². The Balaban J connectivity index is 2.95. The average molecular weight is 151 g/mol. The highest BCUT2D eigenvalue weighted by Crippen LogP contribution is 2.20. The molecule has 0 saturated carbocycles. The van der Waals surface area contributed by atoms with Crippen molar-refractivity contribution in [1.29, 1.82) is 0 Å². The van der Waals surface area contributed by atoms with Gasteiger partial charge >= 0.3 is 0 Å². The van der Waals surface area contributed by atoms with E-state index in [9.17, 15) is 0 Å². The number of aromatic nitrogens is 1. The summed E-state index contributed by atoms with van der Waals surface area (Å²) in [5, 5.41) is 1.80. The predicted molar refractivity (Wildman–Crippen MR) is 42.1 cm³/mol. The summed E-state index contributed by atoms with van der Waals surface area (Å²) in [5.74, 6) is 0. The third kappa shape index (κ3) is 0.711. The maximum absolute atomic E-state index is 5.86. The molecular formula is C8H5ClN. The zero-order valence-electron chi connectivity index (χ0n) is 5.19. The van der Waals surface area contributed by atoms with E-state index in [1.807, 2.05) is 18.3 Å². The van der Waals surface area contributed by atoms with Gasteiger partial charge in [0.25, 0.3) is 0 Å². The normalized spacial score (nSPS) is 10.5. The number of hydrogen-bond donors (Lipinski definition) is 1. The van der Waals surface area contributed by atoms with Crippen LogP contribution >= 0.6 is 11.6 Å². The summed E-state index contributed by atoms with van der Waals surface area (Å²) in [7, 11) is 0. The van der Waals surface area contributed by atoms with E-state index in [1.54, 1.807) is 6.07 Å². The van der Waals surface area contributed by atoms with Crippen LogP contribution in [0.5, 0.6) is 0 Å². The van der Waals surface area contributed by atoms with Crippen LogP contribution in [0.4, 0.5) is 0 Å². The van der Waals surface area contributed by atoms with Gasteiger partial charge in [-0.2, -0.15) is 0 Å². The van der Waals surface area contributed by atoms with Crippen LogP contribution in [0.2, 0.25) is 5.02 Å². The molecule has 2 heteroatoms. The summed E-state index contributed by atoms with van der Waals surface area (Å²) >= 11 is 5.86. The average Bonchev–Trinajstić information content (AvgIpc) is 2.36. The number of nitrogens with one attached hydrogen (secondary N) is 1. The number of hydrogen-bond acceptors (Lipinski definition) is 0. The fraction of sp³-hybridized carbons (Fsp3) is 0. The third-order valence-electron chi connectivity index (χ3n) is 1.46. The molecule has 1 aromatic heterocycles. The Morgan fingerprint density at radius 2 is 2.30 bits per heavy atom.